The minimum Gasteiger partial charge on any atom is -0.392 e. The fraction of sp³-hybridized carbons (Fsp3) is 0.261. The first-order chi connectivity index (χ1) is 14.4. The Morgan fingerprint density at radius 1 is 1.23 bits per heavy atom. The second-order valence-electron chi connectivity index (χ2n) is 7.27. The number of aliphatic hydroxyl groups is 1. The smallest absolute Gasteiger partial charge is 0.262 e. The summed E-state index contributed by atoms with van der Waals surface area (Å²) in [6.07, 6.45) is 4.07. The maximum absolute atomic E-state index is 13.4. The zero-order valence-corrected chi connectivity index (χ0v) is 17.7. The highest BCUT2D eigenvalue weighted by Gasteiger charge is 2.16. The number of benzene rings is 2. The Balaban J connectivity index is 2.16. The van der Waals surface area contributed by atoms with Crippen molar-refractivity contribution in [3.8, 4) is 11.4 Å². The Labute approximate surface area is 179 Å². The van der Waals surface area contributed by atoms with Gasteiger partial charge in [0, 0.05) is 16.6 Å². The Bertz CT molecular complexity index is 1150. The van der Waals surface area contributed by atoms with Crippen molar-refractivity contribution < 1.29 is 9.90 Å². The van der Waals surface area contributed by atoms with E-state index in [2.05, 4.69) is 10.3 Å². The number of aliphatic hydroxyl groups excluding tert-OH is 1. The molecule has 0 spiro atoms. The Hall–Kier alpha value is -2.96. The highest BCUT2D eigenvalue weighted by molar-refractivity contribution is 6.30. The van der Waals surface area contributed by atoms with Crippen LogP contribution in [0.3, 0.4) is 0 Å². The van der Waals surface area contributed by atoms with Gasteiger partial charge in [0.15, 0.2) is 0 Å². The molecule has 1 aromatic heterocycles. The van der Waals surface area contributed by atoms with Gasteiger partial charge in [0.2, 0.25) is 5.91 Å². The number of carbonyl (C=O) groups excluding carboxylic acids is 1. The molecule has 0 aliphatic rings. The minimum atomic E-state index is -0.290. The van der Waals surface area contributed by atoms with Crippen molar-refractivity contribution in [1.82, 2.24) is 14.9 Å². The summed E-state index contributed by atoms with van der Waals surface area (Å²) in [7, 11) is 0. The minimum absolute atomic E-state index is 0.0318. The van der Waals surface area contributed by atoms with Gasteiger partial charge in [-0.2, -0.15) is 0 Å². The molecule has 6 nitrogen and oxygen atoms in total. The van der Waals surface area contributed by atoms with Crippen LogP contribution in [0.5, 0.6) is 0 Å². The lowest BCUT2D eigenvalue weighted by Crippen LogP contribution is -2.37. The standard InChI is InChI=1S/C23H24ClN3O3/c1-15(2)25-21(29)14-27-22(17-7-5-8-18(24)13-17)26-20-10-9-16(6-3-4-11-28)12-19(20)23(27)30/h3-5,7-10,12-13,15,28H,6,11,14H2,1-2H3,(H,25,29). The molecule has 0 radical (unpaired) electrons. The summed E-state index contributed by atoms with van der Waals surface area (Å²) in [6.45, 7) is 3.55. The molecule has 0 saturated heterocycles. The predicted octanol–water partition coefficient (Wildman–Crippen LogP) is 3.33. The summed E-state index contributed by atoms with van der Waals surface area (Å²) < 4.78 is 1.39. The number of fused-ring (bicyclic) bond motifs is 1. The topological polar surface area (TPSA) is 84.2 Å². The number of halogens is 1. The SMILES string of the molecule is CC(C)NC(=O)Cn1c(-c2cccc(Cl)c2)nc2ccc(CC=CCO)cc2c1=O. The quantitative estimate of drug-likeness (QED) is 0.568. The van der Waals surface area contributed by atoms with E-state index in [9.17, 15) is 9.59 Å². The summed E-state index contributed by atoms with van der Waals surface area (Å²) in [5.41, 5.74) is 1.83. The lowest BCUT2D eigenvalue weighted by molar-refractivity contribution is -0.122. The largest absolute Gasteiger partial charge is 0.392 e. The van der Waals surface area contributed by atoms with Crippen molar-refractivity contribution in [2.75, 3.05) is 6.61 Å². The molecule has 7 heteroatoms. The molecule has 1 amide bonds. The van der Waals surface area contributed by atoms with Crippen LogP contribution in [0, 0.1) is 0 Å². The second kappa shape index (κ2) is 9.69. The van der Waals surface area contributed by atoms with E-state index in [0.29, 0.717) is 33.7 Å². The van der Waals surface area contributed by atoms with Gasteiger partial charge in [0.05, 0.1) is 17.5 Å². The first-order valence-electron chi connectivity index (χ1n) is 9.73. The van der Waals surface area contributed by atoms with Gasteiger partial charge in [-0.1, -0.05) is 42.0 Å². The highest BCUT2D eigenvalue weighted by atomic mass is 35.5. The zero-order chi connectivity index (χ0) is 21.7. The summed E-state index contributed by atoms with van der Waals surface area (Å²) in [6, 6.07) is 12.5. The van der Waals surface area contributed by atoms with Crippen molar-refractivity contribution >= 4 is 28.4 Å². The molecule has 0 unspecified atom stereocenters. The number of carbonyl (C=O) groups is 1. The van der Waals surface area contributed by atoms with E-state index in [4.69, 9.17) is 16.7 Å². The number of nitrogens with one attached hydrogen (secondary N) is 1. The molecule has 3 rings (SSSR count). The van der Waals surface area contributed by atoms with Crippen molar-refractivity contribution in [2.24, 2.45) is 0 Å². The van der Waals surface area contributed by atoms with Gasteiger partial charge in [-0.3, -0.25) is 14.2 Å². The Kier molecular flexibility index (Phi) is 7.03. The Morgan fingerprint density at radius 3 is 2.73 bits per heavy atom. The van der Waals surface area contributed by atoms with E-state index in [1.54, 1.807) is 36.4 Å². The van der Waals surface area contributed by atoms with Gasteiger partial charge < -0.3 is 10.4 Å². The molecule has 3 aromatic rings. The molecular weight excluding hydrogens is 402 g/mol. The van der Waals surface area contributed by atoms with Crippen LogP contribution in [0.4, 0.5) is 0 Å². The molecule has 0 saturated carbocycles. The molecule has 0 fully saturated rings. The third-order valence-electron chi connectivity index (χ3n) is 4.48. The maximum atomic E-state index is 13.4. The van der Waals surface area contributed by atoms with Gasteiger partial charge in [-0.25, -0.2) is 4.98 Å². The van der Waals surface area contributed by atoms with Crippen LogP contribution >= 0.6 is 11.6 Å². The van der Waals surface area contributed by atoms with Crippen molar-refractivity contribution in [3.05, 3.63) is 75.6 Å². The molecule has 1 heterocycles. The number of hydrogen-bond acceptors (Lipinski definition) is 4. The summed E-state index contributed by atoms with van der Waals surface area (Å²) in [5, 5.41) is 12.7. The third kappa shape index (κ3) is 5.14. The Morgan fingerprint density at radius 2 is 2.03 bits per heavy atom. The lowest BCUT2D eigenvalue weighted by Gasteiger charge is -2.15. The predicted molar refractivity (Wildman–Crippen MR) is 120 cm³/mol. The average Bonchev–Trinajstić information content (AvgIpc) is 2.70. The average molecular weight is 426 g/mol. The molecule has 2 N–H and O–H groups in total. The van der Waals surface area contributed by atoms with E-state index in [0.717, 1.165) is 5.56 Å². The first-order valence-corrected chi connectivity index (χ1v) is 10.1. The lowest BCUT2D eigenvalue weighted by atomic mass is 10.1. The first kappa shape index (κ1) is 21.7. The molecule has 0 aliphatic carbocycles. The molecular formula is C23H24ClN3O3. The summed E-state index contributed by atoms with van der Waals surface area (Å²) in [4.78, 5) is 30.5. The van der Waals surface area contributed by atoms with E-state index in [-0.39, 0.29) is 30.7 Å². The van der Waals surface area contributed by atoms with Crippen LogP contribution in [-0.2, 0) is 17.8 Å². The second-order valence-corrected chi connectivity index (χ2v) is 7.71. The number of amides is 1. The summed E-state index contributed by atoms with van der Waals surface area (Å²) in [5.74, 6) is 0.125. The van der Waals surface area contributed by atoms with Gasteiger partial charge in [0.25, 0.3) is 5.56 Å². The van der Waals surface area contributed by atoms with Crippen molar-refractivity contribution in [2.45, 2.75) is 32.9 Å². The molecule has 0 atom stereocenters. The number of aromatic nitrogens is 2. The molecule has 156 valence electrons. The molecule has 30 heavy (non-hydrogen) atoms. The van der Waals surface area contributed by atoms with Crippen LogP contribution in [0.15, 0.2) is 59.4 Å². The van der Waals surface area contributed by atoms with Crippen LogP contribution in [0.25, 0.3) is 22.3 Å². The fourth-order valence-electron chi connectivity index (χ4n) is 3.19. The van der Waals surface area contributed by atoms with Crippen LogP contribution < -0.4 is 10.9 Å². The summed E-state index contributed by atoms with van der Waals surface area (Å²) >= 11 is 6.14. The van der Waals surface area contributed by atoms with Crippen LogP contribution in [0.1, 0.15) is 19.4 Å². The molecule has 0 aliphatic heterocycles. The number of allylic oxidation sites excluding steroid dienone is 1. The van der Waals surface area contributed by atoms with Crippen molar-refractivity contribution in [1.29, 1.82) is 0 Å². The van der Waals surface area contributed by atoms with Crippen LogP contribution in [0.2, 0.25) is 5.02 Å². The highest BCUT2D eigenvalue weighted by Crippen LogP contribution is 2.23. The van der Waals surface area contributed by atoms with E-state index in [1.807, 2.05) is 32.1 Å². The number of rotatable bonds is 7. The third-order valence-corrected chi connectivity index (χ3v) is 4.71. The van der Waals surface area contributed by atoms with E-state index < -0.39 is 0 Å². The van der Waals surface area contributed by atoms with Gasteiger partial charge in [0.1, 0.15) is 12.4 Å². The fourth-order valence-corrected chi connectivity index (χ4v) is 3.39. The van der Waals surface area contributed by atoms with E-state index in [1.165, 1.54) is 4.57 Å². The van der Waals surface area contributed by atoms with Crippen LogP contribution in [-0.4, -0.2) is 33.2 Å². The van der Waals surface area contributed by atoms with Crippen molar-refractivity contribution in [3.63, 3.8) is 0 Å². The molecule has 0 bridgehead atoms. The van der Waals surface area contributed by atoms with Gasteiger partial charge >= 0.3 is 0 Å². The monoisotopic (exact) mass is 425 g/mol. The zero-order valence-electron chi connectivity index (χ0n) is 16.9. The number of hydrogen-bond donors (Lipinski definition) is 2. The van der Waals surface area contributed by atoms with Gasteiger partial charge in [-0.05, 0) is 50.1 Å². The normalized spacial score (nSPS) is 11.5. The molecule has 2 aromatic carbocycles. The number of nitrogens with zero attached hydrogens (tertiary/aromatic N) is 2. The maximum Gasteiger partial charge on any atom is 0.262 e. The van der Waals surface area contributed by atoms with E-state index >= 15 is 0 Å². The van der Waals surface area contributed by atoms with Gasteiger partial charge in [-0.15, -0.1) is 0 Å².